The Morgan fingerprint density at radius 2 is 1.79 bits per heavy atom. The van der Waals surface area contributed by atoms with Gasteiger partial charge in [-0.15, -0.1) is 0 Å². The first-order valence-corrected chi connectivity index (χ1v) is 12.7. The molecule has 2 N–H and O–H groups in total. The molecule has 1 heterocycles. The monoisotopic (exact) mass is 526 g/mol. The normalized spacial score (nSPS) is 10.8. The molecule has 0 aliphatic carbocycles. The summed E-state index contributed by atoms with van der Waals surface area (Å²) in [4.78, 5) is 44.3. The van der Waals surface area contributed by atoms with Crippen LogP contribution in [-0.2, 0) is 32.0 Å². The number of para-hydroxylation sites is 1. The minimum absolute atomic E-state index is 0.187. The molecule has 0 bridgehead atoms. The number of nitrogens with one attached hydrogen (secondary N) is 2. The van der Waals surface area contributed by atoms with E-state index in [1.54, 1.807) is 31.1 Å². The third-order valence-electron chi connectivity index (χ3n) is 6.04. The van der Waals surface area contributed by atoms with Gasteiger partial charge in [-0.25, -0.2) is 9.18 Å². The molecule has 0 aliphatic heterocycles. The van der Waals surface area contributed by atoms with Gasteiger partial charge in [0.25, 0.3) is 0 Å². The van der Waals surface area contributed by atoms with E-state index in [1.165, 1.54) is 17.0 Å². The lowest BCUT2D eigenvalue weighted by atomic mass is 10.1. The summed E-state index contributed by atoms with van der Waals surface area (Å²) in [5, 5.41) is 3.61. The third-order valence-corrected chi connectivity index (χ3v) is 6.04. The SMILES string of the molecule is CCOC(=O)CNC(=O)N(CCCOC)CC(=O)N(CCc1c[nH]c2ccccc12)Cc1ccc(F)cc1. The minimum Gasteiger partial charge on any atom is -0.465 e. The Hall–Kier alpha value is -3.92. The van der Waals surface area contributed by atoms with Crippen LogP contribution >= 0.6 is 0 Å². The second-order valence-corrected chi connectivity index (χ2v) is 8.78. The Morgan fingerprint density at radius 1 is 1.03 bits per heavy atom. The summed E-state index contributed by atoms with van der Waals surface area (Å²) in [6.07, 6.45) is 3.05. The average molecular weight is 527 g/mol. The summed E-state index contributed by atoms with van der Waals surface area (Å²) in [5.41, 5.74) is 2.86. The fourth-order valence-electron chi connectivity index (χ4n) is 4.08. The van der Waals surface area contributed by atoms with Crippen LogP contribution in [0.5, 0.6) is 0 Å². The van der Waals surface area contributed by atoms with Crippen molar-refractivity contribution in [3.63, 3.8) is 0 Å². The van der Waals surface area contributed by atoms with E-state index in [9.17, 15) is 18.8 Å². The summed E-state index contributed by atoms with van der Waals surface area (Å²) >= 11 is 0. The van der Waals surface area contributed by atoms with Gasteiger partial charge in [0.2, 0.25) is 5.91 Å². The smallest absolute Gasteiger partial charge is 0.325 e. The zero-order valence-corrected chi connectivity index (χ0v) is 21.9. The molecule has 0 atom stereocenters. The van der Waals surface area contributed by atoms with Crippen LogP contribution < -0.4 is 5.32 Å². The zero-order chi connectivity index (χ0) is 27.3. The average Bonchev–Trinajstić information content (AvgIpc) is 3.33. The van der Waals surface area contributed by atoms with Crippen LogP contribution in [0.3, 0.4) is 0 Å². The predicted octanol–water partition coefficient (Wildman–Crippen LogP) is 3.49. The maximum Gasteiger partial charge on any atom is 0.325 e. The Bertz CT molecular complexity index is 1200. The first-order chi connectivity index (χ1) is 18.4. The quantitative estimate of drug-likeness (QED) is 0.247. The number of aromatic amines is 1. The van der Waals surface area contributed by atoms with Gasteiger partial charge in [-0.2, -0.15) is 0 Å². The maximum atomic E-state index is 13.5. The number of aromatic nitrogens is 1. The van der Waals surface area contributed by atoms with E-state index in [2.05, 4.69) is 10.3 Å². The Labute approximate surface area is 221 Å². The van der Waals surface area contributed by atoms with Crippen molar-refractivity contribution in [2.75, 3.05) is 46.5 Å². The predicted molar refractivity (Wildman–Crippen MR) is 142 cm³/mol. The van der Waals surface area contributed by atoms with Crippen molar-refractivity contribution >= 4 is 28.8 Å². The van der Waals surface area contributed by atoms with Crippen molar-refractivity contribution in [2.45, 2.75) is 26.3 Å². The number of amides is 3. The number of H-pyrrole nitrogens is 1. The summed E-state index contributed by atoms with van der Waals surface area (Å²) < 4.78 is 23.4. The summed E-state index contributed by atoms with van der Waals surface area (Å²) in [6, 6.07) is 13.4. The minimum atomic E-state index is -0.555. The van der Waals surface area contributed by atoms with Crippen molar-refractivity contribution in [3.8, 4) is 0 Å². The standard InChI is InChI=1S/C28H35FN4O5/c1-3-38-27(35)18-31-28(36)33(14-6-16-37-2)20-26(34)32(19-21-9-11-23(29)12-10-21)15-13-22-17-30-25-8-5-4-7-24(22)25/h4-5,7-12,17,30H,3,6,13-16,18-20H2,1-2H3,(H,31,36). The van der Waals surface area contributed by atoms with Crippen LogP contribution in [0.1, 0.15) is 24.5 Å². The van der Waals surface area contributed by atoms with E-state index < -0.39 is 12.0 Å². The number of hydrogen-bond donors (Lipinski definition) is 2. The zero-order valence-electron chi connectivity index (χ0n) is 21.9. The number of methoxy groups -OCH3 is 1. The molecule has 38 heavy (non-hydrogen) atoms. The van der Waals surface area contributed by atoms with Crippen LogP contribution in [-0.4, -0.2) is 79.2 Å². The van der Waals surface area contributed by atoms with E-state index in [-0.39, 0.29) is 44.5 Å². The van der Waals surface area contributed by atoms with Crippen LogP contribution in [0.15, 0.2) is 54.7 Å². The highest BCUT2D eigenvalue weighted by Crippen LogP contribution is 2.19. The van der Waals surface area contributed by atoms with Crippen molar-refractivity contribution in [1.82, 2.24) is 20.1 Å². The highest BCUT2D eigenvalue weighted by atomic mass is 19.1. The summed E-state index contributed by atoms with van der Waals surface area (Å²) in [5.74, 6) is -1.17. The van der Waals surface area contributed by atoms with Crippen LogP contribution in [0.4, 0.5) is 9.18 Å². The first-order valence-electron chi connectivity index (χ1n) is 12.7. The fourth-order valence-corrected chi connectivity index (χ4v) is 4.08. The number of ether oxygens (including phenoxy) is 2. The number of halogens is 1. The van der Waals surface area contributed by atoms with Gasteiger partial charge >= 0.3 is 12.0 Å². The van der Waals surface area contributed by atoms with Crippen molar-refractivity contribution in [3.05, 3.63) is 71.7 Å². The molecule has 3 aromatic rings. The number of esters is 1. The maximum absolute atomic E-state index is 13.5. The van der Waals surface area contributed by atoms with Gasteiger partial charge in [-0.05, 0) is 49.1 Å². The van der Waals surface area contributed by atoms with Crippen LogP contribution in [0.25, 0.3) is 10.9 Å². The molecule has 3 rings (SSSR count). The molecular weight excluding hydrogens is 491 g/mol. The van der Waals surface area contributed by atoms with Gasteiger partial charge in [0.1, 0.15) is 18.9 Å². The Morgan fingerprint density at radius 3 is 2.53 bits per heavy atom. The Kier molecular flexibility index (Phi) is 11.1. The molecule has 0 saturated heterocycles. The fraction of sp³-hybridized carbons (Fsp3) is 0.393. The number of benzene rings is 2. The van der Waals surface area contributed by atoms with Crippen LogP contribution in [0, 0.1) is 5.82 Å². The van der Waals surface area contributed by atoms with E-state index in [0.29, 0.717) is 26.0 Å². The van der Waals surface area contributed by atoms with E-state index >= 15 is 0 Å². The van der Waals surface area contributed by atoms with Gasteiger partial charge < -0.3 is 29.6 Å². The third kappa shape index (κ3) is 8.58. The van der Waals surface area contributed by atoms with Gasteiger partial charge in [0.15, 0.2) is 0 Å². The van der Waals surface area contributed by atoms with Gasteiger partial charge in [0.05, 0.1) is 6.61 Å². The van der Waals surface area contributed by atoms with E-state index in [0.717, 1.165) is 22.0 Å². The largest absolute Gasteiger partial charge is 0.465 e. The first kappa shape index (κ1) is 28.6. The molecule has 0 unspecified atom stereocenters. The van der Waals surface area contributed by atoms with Crippen LogP contribution in [0.2, 0.25) is 0 Å². The molecule has 0 fully saturated rings. The highest BCUT2D eigenvalue weighted by molar-refractivity contribution is 5.86. The molecule has 2 aromatic carbocycles. The second kappa shape index (κ2) is 14.7. The van der Waals surface area contributed by atoms with Gasteiger partial charge in [-0.1, -0.05) is 30.3 Å². The molecule has 3 amide bonds. The van der Waals surface area contributed by atoms with Gasteiger partial charge in [0, 0.05) is 50.5 Å². The molecule has 0 spiro atoms. The molecule has 0 saturated carbocycles. The lowest BCUT2D eigenvalue weighted by molar-refractivity contribution is -0.141. The molecule has 1 aromatic heterocycles. The molecule has 0 aliphatic rings. The van der Waals surface area contributed by atoms with Crippen molar-refractivity contribution in [1.29, 1.82) is 0 Å². The number of rotatable bonds is 14. The van der Waals surface area contributed by atoms with Crippen molar-refractivity contribution in [2.24, 2.45) is 0 Å². The highest BCUT2D eigenvalue weighted by Gasteiger charge is 2.22. The Balaban J connectivity index is 1.74. The summed E-state index contributed by atoms with van der Waals surface area (Å²) in [6.45, 7) is 2.75. The number of carbonyl (C=O) groups excluding carboxylic acids is 3. The molecule has 10 heteroatoms. The molecule has 0 radical (unpaired) electrons. The van der Waals surface area contributed by atoms with E-state index in [1.807, 2.05) is 30.5 Å². The molecule has 204 valence electrons. The summed E-state index contributed by atoms with van der Waals surface area (Å²) in [7, 11) is 1.56. The number of hydrogen-bond acceptors (Lipinski definition) is 5. The number of nitrogens with zero attached hydrogens (tertiary/aromatic N) is 2. The van der Waals surface area contributed by atoms with Gasteiger partial charge in [-0.3, -0.25) is 9.59 Å². The number of fused-ring (bicyclic) bond motifs is 1. The number of urea groups is 1. The van der Waals surface area contributed by atoms with Crippen molar-refractivity contribution < 1.29 is 28.2 Å². The second-order valence-electron chi connectivity index (χ2n) is 8.78. The number of carbonyl (C=O) groups is 3. The molecular formula is C28H35FN4O5. The lowest BCUT2D eigenvalue weighted by Gasteiger charge is -2.28. The van der Waals surface area contributed by atoms with E-state index in [4.69, 9.17) is 9.47 Å². The molecule has 9 nitrogen and oxygen atoms in total. The topological polar surface area (TPSA) is 104 Å². The lowest BCUT2D eigenvalue weighted by Crippen LogP contribution is -2.48.